The van der Waals surface area contributed by atoms with E-state index in [1.54, 1.807) is 19.2 Å². The zero-order valence-corrected chi connectivity index (χ0v) is 12.3. The molecule has 1 aliphatic heterocycles. The lowest BCUT2D eigenvalue weighted by Crippen LogP contribution is -2.40. The van der Waals surface area contributed by atoms with Crippen molar-refractivity contribution in [2.24, 2.45) is 5.73 Å². The number of hydrogen-bond acceptors (Lipinski definition) is 4. The number of amides is 1. The van der Waals surface area contributed by atoms with E-state index in [0.717, 1.165) is 19.4 Å². The monoisotopic (exact) mass is 295 g/mol. The van der Waals surface area contributed by atoms with E-state index in [1.165, 1.54) is 6.07 Å². The minimum atomic E-state index is -0.745. The lowest BCUT2D eigenvalue weighted by Gasteiger charge is -2.29. The Morgan fingerprint density at radius 2 is 2.38 bits per heavy atom. The van der Waals surface area contributed by atoms with Crippen molar-refractivity contribution in [1.82, 2.24) is 5.32 Å². The van der Waals surface area contributed by atoms with E-state index in [9.17, 15) is 9.18 Å². The van der Waals surface area contributed by atoms with Crippen LogP contribution in [0.1, 0.15) is 23.2 Å². The first-order valence-corrected chi connectivity index (χ1v) is 7.19. The zero-order valence-electron chi connectivity index (χ0n) is 12.3. The summed E-state index contributed by atoms with van der Waals surface area (Å²) in [6.45, 7) is 2.78. The molecule has 1 fully saturated rings. The Kier molecular flexibility index (Phi) is 5.52. The molecule has 0 bridgehead atoms. The second-order valence-corrected chi connectivity index (χ2v) is 5.23. The van der Waals surface area contributed by atoms with Crippen molar-refractivity contribution >= 4 is 11.6 Å². The Morgan fingerprint density at radius 3 is 3.00 bits per heavy atom. The number of hydrogen-bond donors (Lipinski definition) is 2. The van der Waals surface area contributed by atoms with Crippen molar-refractivity contribution in [3.8, 4) is 0 Å². The van der Waals surface area contributed by atoms with Crippen molar-refractivity contribution in [2.45, 2.75) is 18.9 Å². The zero-order chi connectivity index (χ0) is 15.2. The molecule has 0 saturated carbocycles. The minimum Gasteiger partial charge on any atom is -0.383 e. The van der Waals surface area contributed by atoms with E-state index in [0.29, 0.717) is 31.4 Å². The van der Waals surface area contributed by atoms with Crippen LogP contribution in [0.25, 0.3) is 0 Å². The fourth-order valence-corrected chi connectivity index (χ4v) is 2.71. The van der Waals surface area contributed by atoms with Gasteiger partial charge in [-0.2, -0.15) is 0 Å². The predicted molar refractivity (Wildman–Crippen MR) is 80.0 cm³/mol. The van der Waals surface area contributed by atoms with Crippen LogP contribution in [-0.4, -0.2) is 45.3 Å². The number of nitrogens with two attached hydrogens (primary N) is 1. The highest BCUT2D eigenvalue weighted by Gasteiger charge is 2.22. The molecular formula is C15H22FN3O2. The van der Waals surface area contributed by atoms with Gasteiger partial charge in [0, 0.05) is 26.2 Å². The summed E-state index contributed by atoms with van der Waals surface area (Å²) in [6, 6.07) is 4.92. The number of primary amides is 1. The molecule has 5 nitrogen and oxygen atoms in total. The van der Waals surface area contributed by atoms with Gasteiger partial charge < -0.3 is 20.7 Å². The Balaban J connectivity index is 2.26. The Bertz CT molecular complexity index is 490. The highest BCUT2D eigenvalue weighted by Crippen LogP contribution is 2.24. The second-order valence-electron chi connectivity index (χ2n) is 5.23. The van der Waals surface area contributed by atoms with Crippen molar-refractivity contribution in [3.63, 3.8) is 0 Å². The van der Waals surface area contributed by atoms with Crippen molar-refractivity contribution in [2.75, 3.05) is 38.3 Å². The van der Waals surface area contributed by atoms with E-state index in [1.807, 2.05) is 4.90 Å². The molecular weight excluding hydrogens is 273 g/mol. The third-order valence-corrected chi connectivity index (χ3v) is 3.75. The molecule has 21 heavy (non-hydrogen) atoms. The summed E-state index contributed by atoms with van der Waals surface area (Å²) in [7, 11) is 1.62. The van der Waals surface area contributed by atoms with Crippen molar-refractivity contribution in [3.05, 3.63) is 29.6 Å². The molecule has 1 atom stereocenters. The summed E-state index contributed by atoms with van der Waals surface area (Å²) in [4.78, 5) is 13.5. The van der Waals surface area contributed by atoms with E-state index >= 15 is 0 Å². The molecule has 0 aromatic heterocycles. The molecule has 0 spiro atoms. The summed E-state index contributed by atoms with van der Waals surface area (Å²) >= 11 is 0. The van der Waals surface area contributed by atoms with Crippen LogP contribution in [0.15, 0.2) is 18.2 Å². The number of anilines is 1. The van der Waals surface area contributed by atoms with Crippen LogP contribution in [0.2, 0.25) is 0 Å². The van der Waals surface area contributed by atoms with Crippen LogP contribution < -0.4 is 16.0 Å². The van der Waals surface area contributed by atoms with Crippen LogP contribution in [-0.2, 0) is 4.74 Å². The van der Waals surface area contributed by atoms with E-state index in [2.05, 4.69) is 5.32 Å². The van der Waals surface area contributed by atoms with Gasteiger partial charge in [-0.3, -0.25) is 4.79 Å². The van der Waals surface area contributed by atoms with Gasteiger partial charge in [0.15, 0.2) is 0 Å². The standard InChI is InChI=1S/C15H22FN3O2/c1-21-9-8-19(10-11-4-3-7-18-11)13-6-2-5-12(16)14(13)15(17)20/h2,5-6,11,18H,3-4,7-10H2,1H3,(H2,17,20). The second kappa shape index (κ2) is 7.38. The highest BCUT2D eigenvalue weighted by molar-refractivity contribution is 5.99. The Hall–Kier alpha value is -1.66. The smallest absolute Gasteiger partial charge is 0.253 e. The molecule has 1 unspecified atom stereocenters. The van der Waals surface area contributed by atoms with Crippen molar-refractivity contribution < 1.29 is 13.9 Å². The number of carbonyl (C=O) groups excluding carboxylic acids is 1. The van der Waals surface area contributed by atoms with Gasteiger partial charge in [0.05, 0.1) is 17.9 Å². The molecule has 1 saturated heterocycles. The van der Waals surface area contributed by atoms with Crippen molar-refractivity contribution in [1.29, 1.82) is 0 Å². The van der Waals surface area contributed by atoms with Gasteiger partial charge in [0.2, 0.25) is 0 Å². The average molecular weight is 295 g/mol. The maximum atomic E-state index is 13.9. The third kappa shape index (κ3) is 3.92. The van der Waals surface area contributed by atoms with Crippen LogP contribution in [0.4, 0.5) is 10.1 Å². The van der Waals surface area contributed by atoms with Gasteiger partial charge in [-0.1, -0.05) is 6.07 Å². The number of nitrogens with zero attached hydrogens (tertiary/aromatic N) is 1. The maximum absolute atomic E-state index is 13.9. The van der Waals surface area contributed by atoms with E-state index in [4.69, 9.17) is 10.5 Å². The quantitative estimate of drug-likeness (QED) is 0.791. The number of halogens is 1. The average Bonchev–Trinajstić information content (AvgIpc) is 2.95. The molecule has 1 amide bonds. The van der Waals surface area contributed by atoms with Gasteiger partial charge in [-0.15, -0.1) is 0 Å². The van der Waals surface area contributed by atoms with Gasteiger partial charge in [-0.05, 0) is 31.5 Å². The summed E-state index contributed by atoms with van der Waals surface area (Å²) < 4.78 is 19.0. The summed E-state index contributed by atoms with van der Waals surface area (Å²) in [5, 5.41) is 3.40. The first kappa shape index (κ1) is 15.7. The maximum Gasteiger partial charge on any atom is 0.253 e. The van der Waals surface area contributed by atoms with Crippen LogP contribution in [0, 0.1) is 5.82 Å². The number of methoxy groups -OCH3 is 1. The number of ether oxygens (including phenoxy) is 1. The van der Waals surface area contributed by atoms with Gasteiger partial charge in [-0.25, -0.2) is 4.39 Å². The fourth-order valence-electron chi connectivity index (χ4n) is 2.71. The molecule has 116 valence electrons. The fraction of sp³-hybridized carbons (Fsp3) is 0.533. The number of benzene rings is 1. The summed E-state index contributed by atoms with van der Waals surface area (Å²) in [5.41, 5.74) is 5.82. The molecule has 1 aliphatic rings. The molecule has 3 N–H and O–H groups in total. The number of rotatable bonds is 7. The van der Waals surface area contributed by atoms with E-state index < -0.39 is 11.7 Å². The molecule has 6 heteroatoms. The molecule has 1 aromatic rings. The number of carbonyl (C=O) groups is 1. The third-order valence-electron chi connectivity index (χ3n) is 3.75. The molecule has 2 rings (SSSR count). The first-order valence-electron chi connectivity index (χ1n) is 7.19. The normalized spacial score (nSPS) is 17.9. The SMILES string of the molecule is COCCN(CC1CCCN1)c1cccc(F)c1C(N)=O. The molecule has 1 aromatic carbocycles. The number of nitrogens with one attached hydrogen (secondary N) is 1. The Labute approximate surface area is 124 Å². The van der Waals surface area contributed by atoms with E-state index in [-0.39, 0.29) is 5.56 Å². The topological polar surface area (TPSA) is 67.6 Å². The lowest BCUT2D eigenvalue weighted by atomic mass is 10.1. The predicted octanol–water partition coefficient (Wildman–Crippen LogP) is 1.13. The first-order chi connectivity index (χ1) is 10.1. The summed E-state index contributed by atoms with van der Waals surface area (Å²) in [6.07, 6.45) is 2.21. The van der Waals surface area contributed by atoms with Crippen LogP contribution in [0.3, 0.4) is 0 Å². The lowest BCUT2D eigenvalue weighted by molar-refractivity contribution is 0.0996. The molecule has 0 radical (unpaired) electrons. The van der Waals surface area contributed by atoms with Gasteiger partial charge in [0.25, 0.3) is 5.91 Å². The van der Waals surface area contributed by atoms with Crippen LogP contribution >= 0.6 is 0 Å². The largest absolute Gasteiger partial charge is 0.383 e. The molecule has 0 aliphatic carbocycles. The molecule has 1 heterocycles. The van der Waals surface area contributed by atoms with Gasteiger partial charge in [0.1, 0.15) is 5.82 Å². The highest BCUT2D eigenvalue weighted by atomic mass is 19.1. The van der Waals surface area contributed by atoms with Crippen LogP contribution in [0.5, 0.6) is 0 Å². The summed E-state index contributed by atoms with van der Waals surface area (Å²) in [5.74, 6) is -1.33. The van der Waals surface area contributed by atoms with Gasteiger partial charge >= 0.3 is 0 Å². The Morgan fingerprint density at radius 1 is 1.57 bits per heavy atom. The minimum absolute atomic E-state index is 0.0494.